The zero-order valence-electron chi connectivity index (χ0n) is 13.6. The van der Waals surface area contributed by atoms with Gasteiger partial charge < -0.3 is 10.1 Å². The Morgan fingerprint density at radius 2 is 2.09 bits per heavy atom. The number of rotatable bonds is 6. The van der Waals surface area contributed by atoms with E-state index in [1.54, 1.807) is 0 Å². The van der Waals surface area contributed by atoms with Crippen LogP contribution in [0, 0.1) is 5.92 Å². The summed E-state index contributed by atoms with van der Waals surface area (Å²) in [7, 11) is -3.24. The second kappa shape index (κ2) is 7.79. The third kappa shape index (κ3) is 5.51. The van der Waals surface area contributed by atoms with Gasteiger partial charge >= 0.3 is 0 Å². The fourth-order valence-corrected chi connectivity index (χ4v) is 3.51. The molecule has 1 saturated heterocycles. The predicted molar refractivity (Wildman–Crippen MR) is 88.7 cm³/mol. The number of amides is 1. The van der Waals surface area contributed by atoms with Crippen LogP contribution in [0.15, 0.2) is 30.3 Å². The Hall–Kier alpha value is -1.60. The van der Waals surface area contributed by atoms with Gasteiger partial charge in [-0.2, -0.15) is 0 Å². The summed E-state index contributed by atoms with van der Waals surface area (Å²) < 4.78 is 30.2. The lowest BCUT2D eigenvalue weighted by atomic mass is 9.98. The van der Waals surface area contributed by atoms with Crippen LogP contribution in [-0.2, 0) is 14.8 Å². The molecule has 0 saturated carbocycles. The minimum absolute atomic E-state index is 0.109. The van der Waals surface area contributed by atoms with E-state index in [4.69, 9.17) is 4.74 Å². The molecule has 23 heavy (non-hydrogen) atoms. The molecule has 2 unspecified atom stereocenters. The van der Waals surface area contributed by atoms with Crippen LogP contribution in [0.2, 0.25) is 0 Å². The van der Waals surface area contributed by atoms with Crippen molar-refractivity contribution in [3.8, 4) is 5.75 Å². The molecule has 1 aliphatic heterocycles. The lowest BCUT2D eigenvalue weighted by Gasteiger charge is -2.30. The molecular weight excluding hydrogens is 316 g/mol. The van der Waals surface area contributed by atoms with Crippen LogP contribution in [0.4, 0.5) is 0 Å². The molecule has 0 aliphatic carbocycles. The molecule has 0 spiro atoms. The van der Waals surface area contributed by atoms with E-state index in [0.29, 0.717) is 26.0 Å². The summed E-state index contributed by atoms with van der Waals surface area (Å²) in [6, 6.07) is 9.27. The van der Waals surface area contributed by atoms with Crippen LogP contribution < -0.4 is 10.1 Å². The molecule has 0 aromatic heterocycles. The number of sulfonamides is 1. The second-order valence-electron chi connectivity index (χ2n) is 5.99. The van der Waals surface area contributed by atoms with Crippen LogP contribution in [0.3, 0.4) is 0 Å². The van der Waals surface area contributed by atoms with Crippen LogP contribution in [0.5, 0.6) is 5.75 Å². The number of para-hydroxylation sites is 1. The highest BCUT2D eigenvalue weighted by Crippen LogP contribution is 2.19. The Balaban J connectivity index is 1.81. The van der Waals surface area contributed by atoms with E-state index < -0.39 is 10.0 Å². The molecule has 7 heteroatoms. The molecule has 1 aliphatic rings. The number of hydrogen-bond donors (Lipinski definition) is 1. The van der Waals surface area contributed by atoms with Gasteiger partial charge in [-0.05, 0) is 31.9 Å². The highest BCUT2D eigenvalue weighted by Gasteiger charge is 2.30. The maximum atomic E-state index is 12.3. The Labute approximate surface area is 137 Å². The van der Waals surface area contributed by atoms with E-state index >= 15 is 0 Å². The van der Waals surface area contributed by atoms with E-state index in [-0.39, 0.29) is 24.4 Å². The van der Waals surface area contributed by atoms with Crippen molar-refractivity contribution in [3.63, 3.8) is 0 Å². The van der Waals surface area contributed by atoms with Crippen molar-refractivity contribution in [3.05, 3.63) is 30.3 Å². The number of ether oxygens (including phenoxy) is 1. The first-order valence-corrected chi connectivity index (χ1v) is 9.64. The van der Waals surface area contributed by atoms with Crippen LogP contribution in [0.1, 0.15) is 19.8 Å². The smallest absolute Gasteiger partial charge is 0.224 e. The fourth-order valence-electron chi connectivity index (χ4n) is 2.60. The average molecular weight is 340 g/mol. The lowest BCUT2D eigenvalue weighted by Crippen LogP contribution is -2.47. The van der Waals surface area contributed by atoms with Crippen molar-refractivity contribution in [1.29, 1.82) is 0 Å². The zero-order chi connectivity index (χ0) is 16.9. The van der Waals surface area contributed by atoms with Crippen molar-refractivity contribution in [2.75, 3.05) is 26.0 Å². The first-order chi connectivity index (χ1) is 10.9. The first kappa shape index (κ1) is 17.7. The number of nitrogens with one attached hydrogen (secondary N) is 1. The number of benzene rings is 1. The van der Waals surface area contributed by atoms with E-state index in [2.05, 4.69) is 5.32 Å². The van der Waals surface area contributed by atoms with Crippen LogP contribution in [0.25, 0.3) is 0 Å². The molecule has 1 heterocycles. The first-order valence-electron chi connectivity index (χ1n) is 7.79. The maximum absolute atomic E-state index is 12.3. The number of piperidine rings is 1. The maximum Gasteiger partial charge on any atom is 0.224 e. The Morgan fingerprint density at radius 3 is 2.74 bits per heavy atom. The number of nitrogens with zero attached hydrogens (tertiary/aromatic N) is 1. The summed E-state index contributed by atoms with van der Waals surface area (Å²) in [5.41, 5.74) is 0. The van der Waals surface area contributed by atoms with E-state index in [1.165, 1.54) is 10.6 Å². The molecular formula is C16H24N2O4S. The van der Waals surface area contributed by atoms with Gasteiger partial charge in [0.1, 0.15) is 12.4 Å². The highest BCUT2D eigenvalue weighted by atomic mass is 32.2. The molecule has 0 radical (unpaired) electrons. The van der Waals surface area contributed by atoms with Crippen molar-refractivity contribution in [2.45, 2.75) is 25.8 Å². The molecule has 2 rings (SSSR count). The van der Waals surface area contributed by atoms with E-state index in [9.17, 15) is 13.2 Å². The summed E-state index contributed by atoms with van der Waals surface area (Å²) in [6.07, 6.45) is 2.60. The Kier molecular flexibility index (Phi) is 6.01. The average Bonchev–Trinajstić information content (AvgIpc) is 2.53. The van der Waals surface area contributed by atoms with E-state index in [0.717, 1.165) is 5.75 Å². The minimum Gasteiger partial charge on any atom is -0.491 e. The topological polar surface area (TPSA) is 75.7 Å². The monoisotopic (exact) mass is 340 g/mol. The molecule has 1 amide bonds. The van der Waals surface area contributed by atoms with Gasteiger partial charge in [0.25, 0.3) is 0 Å². The highest BCUT2D eigenvalue weighted by molar-refractivity contribution is 7.88. The number of carbonyl (C=O) groups excluding carboxylic acids is 1. The second-order valence-corrected chi connectivity index (χ2v) is 7.98. The van der Waals surface area contributed by atoms with E-state index in [1.807, 2.05) is 37.3 Å². The Bertz CT molecular complexity index is 618. The van der Waals surface area contributed by atoms with Gasteiger partial charge in [0.05, 0.1) is 18.2 Å². The molecule has 2 atom stereocenters. The van der Waals surface area contributed by atoms with Gasteiger partial charge in [0.2, 0.25) is 15.9 Å². The third-order valence-corrected chi connectivity index (χ3v) is 5.13. The SMILES string of the molecule is CC(COc1ccccc1)NC(=O)C1CCCN(S(C)(=O)=O)C1. The normalized spacial score (nSPS) is 20.7. The van der Waals surface area contributed by atoms with Gasteiger partial charge in [-0.1, -0.05) is 18.2 Å². The molecule has 1 N–H and O–H groups in total. The quantitative estimate of drug-likeness (QED) is 0.845. The number of hydrogen-bond acceptors (Lipinski definition) is 4. The lowest BCUT2D eigenvalue weighted by molar-refractivity contribution is -0.126. The molecule has 128 valence electrons. The third-order valence-electron chi connectivity index (χ3n) is 3.86. The summed E-state index contributed by atoms with van der Waals surface area (Å²) >= 11 is 0. The van der Waals surface area contributed by atoms with Crippen LogP contribution in [-0.4, -0.2) is 50.6 Å². The molecule has 1 aromatic rings. The van der Waals surface area contributed by atoms with Gasteiger partial charge in [0, 0.05) is 13.1 Å². The summed E-state index contributed by atoms with van der Waals surface area (Å²) in [5.74, 6) is 0.356. The van der Waals surface area contributed by atoms with Crippen molar-refractivity contribution < 1.29 is 17.9 Å². The van der Waals surface area contributed by atoms with Crippen LogP contribution >= 0.6 is 0 Å². The molecule has 1 aromatic carbocycles. The molecule has 1 fully saturated rings. The van der Waals surface area contributed by atoms with Gasteiger partial charge in [-0.15, -0.1) is 0 Å². The zero-order valence-corrected chi connectivity index (χ0v) is 14.4. The van der Waals surface area contributed by atoms with Crippen molar-refractivity contribution in [2.24, 2.45) is 5.92 Å². The predicted octanol–water partition coefficient (Wildman–Crippen LogP) is 1.24. The van der Waals surface area contributed by atoms with Crippen molar-refractivity contribution >= 4 is 15.9 Å². The summed E-state index contributed by atoms with van der Waals surface area (Å²) in [4.78, 5) is 12.3. The number of carbonyl (C=O) groups is 1. The largest absolute Gasteiger partial charge is 0.491 e. The standard InChI is InChI=1S/C16H24N2O4S/c1-13(12-22-15-8-4-3-5-9-15)17-16(19)14-7-6-10-18(11-14)23(2,20)21/h3-5,8-9,13-14H,6-7,10-12H2,1-2H3,(H,17,19). The van der Waals surface area contributed by atoms with Gasteiger partial charge in [0.15, 0.2) is 0 Å². The molecule has 6 nitrogen and oxygen atoms in total. The minimum atomic E-state index is -3.24. The Morgan fingerprint density at radius 1 is 1.39 bits per heavy atom. The fraction of sp³-hybridized carbons (Fsp3) is 0.562. The van der Waals surface area contributed by atoms with Gasteiger partial charge in [-0.25, -0.2) is 12.7 Å². The molecule has 0 bridgehead atoms. The summed E-state index contributed by atoms with van der Waals surface area (Å²) in [6.45, 7) is 3.00. The van der Waals surface area contributed by atoms with Gasteiger partial charge in [-0.3, -0.25) is 4.79 Å². The van der Waals surface area contributed by atoms with Crippen molar-refractivity contribution in [1.82, 2.24) is 9.62 Å². The summed E-state index contributed by atoms with van der Waals surface area (Å²) in [5, 5.41) is 2.91.